The number of aromatic hydroxyl groups is 2. The predicted molar refractivity (Wildman–Crippen MR) is 113 cm³/mol. The standard InChI is InChI=1S/C24H22N2O4/c1-14-9-10-21(28)18(11-14)19-13-20-17-7-4-8-22(29-2)23(17)30-24(26(20)25-19)15-5-3-6-16(27)12-15/h3-12,20,24,27-28H,13H2,1-2H3/t20-,24+/m0/s1. The van der Waals surface area contributed by atoms with E-state index in [9.17, 15) is 10.2 Å². The van der Waals surface area contributed by atoms with Crippen LogP contribution in [0.5, 0.6) is 23.0 Å². The summed E-state index contributed by atoms with van der Waals surface area (Å²) in [5.41, 5.74) is 4.35. The van der Waals surface area contributed by atoms with Crippen molar-refractivity contribution < 1.29 is 19.7 Å². The molecule has 0 saturated carbocycles. The lowest BCUT2D eigenvalue weighted by Crippen LogP contribution is -2.33. The normalized spacial score (nSPS) is 19.5. The number of rotatable bonds is 3. The molecule has 2 aliphatic rings. The maximum atomic E-state index is 10.4. The third-order valence-electron chi connectivity index (χ3n) is 5.62. The SMILES string of the molecule is COc1cccc2c1O[C@H](c1cccc(O)c1)N1N=C(c3cc(C)ccc3O)C[C@@H]21. The van der Waals surface area contributed by atoms with Crippen LogP contribution < -0.4 is 9.47 Å². The van der Waals surface area contributed by atoms with Gasteiger partial charge < -0.3 is 19.7 Å². The van der Waals surface area contributed by atoms with Gasteiger partial charge in [0.25, 0.3) is 0 Å². The minimum absolute atomic E-state index is 0.0777. The molecule has 3 aromatic carbocycles. The van der Waals surface area contributed by atoms with E-state index < -0.39 is 6.23 Å². The fourth-order valence-corrected chi connectivity index (χ4v) is 4.19. The molecule has 2 heterocycles. The lowest BCUT2D eigenvalue weighted by Gasteiger charge is -2.38. The zero-order chi connectivity index (χ0) is 20.8. The van der Waals surface area contributed by atoms with Crippen molar-refractivity contribution in [3.63, 3.8) is 0 Å². The van der Waals surface area contributed by atoms with Gasteiger partial charge in [-0.15, -0.1) is 0 Å². The molecule has 0 bridgehead atoms. The number of fused-ring (bicyclic) bond motifs is 3. The molecule has 0 amide bonds. The average molecular weight is 402 g/mol. The highest BCUT2D eigenvalue weighted by atomic mass is 16.5. The molecule has 0 aliphatic carbocycles. The summed E-state index contributed by atoms with van der Waals surface area (Å²) >= 11 is 0. The molecule has 3 aromatic rings. The minimum atomic E-state index is -0.532. The second kappa shape index (κ2) is 6.99. The minimum Gasteiger partial charge on any atom is -0.508 e. The van der Waals surface area contributed by atoms with Crippen molar-refractivity contribution in [1.29, 1.82) is 0 Å². The van der Waals surface area contributed by atoms with Crippen LogP contribution in [0.4, 0.5) is 0 Å². The van der Waals surface area contributed by atoms with Crippen LogP contribution in [0.25, 0.3) is 0 Å². The summed E-state index contributed by atoms with van der Waals surface area (Å²) in [4.78, 5) is 0. The molecule has 0 saturated heterocycles. The largest absolute Gasteiger partial charge is 0.508 e. The van der Waals surface area contributed by atoms with Gasteiger partial charge in [-0.25, -0.2) is 5.01 Å². The Morgan fingerprint density at radius 3 is 2.70 bits per heavy atom. The molecule has 0 unspecified atom stereocenters. The molecule has 152 valence electrons. The van der Waals surface area contributed by atoms with Gasteiger partial charge in [0.1, 0.15) is 11.5 Å². The zero-order valence-electron chi connectivity index (χ0n) is 16.7. The van der Waals surface area contributed by atoms with E-state index >= 15 is 0 Å². The molecule has 2 atom stereocenters. The number of hydrogen-bond donors (Lipinski definition) is 2. The molecule has 5 rings (SSSR count). The lowest BCUT2D eigenvalue weighted by atomic mass is 9.94. The number of hydrazone groups is 1. The van der Waals surface area contributed by atoms with Gasteiger partial charge in [-0.1, -0.05) is 35.9 Å². The Morgan fingerprint density at radius 2 is 1.90 bits per heavy atom. The van der Waals surface area contributed by atoms with Crippen molar-refractivity contribution in [3.8, 4) is 23.0 Å². The molecule has 30 heavy (non-hydrogen) atoms. The van der Waals surface area contributed by atoms with Crippen molar-refractivity contribution >= 4 is 5.71 Å². The van der Waals surface area contributed by atoms with E-state index in [1.54, 1.807) is 31.4 Å². The third-order valence-corrected chi connectivity index (χ3v) is 5.62. The molecule has 0 spiro atoms. The average Bonchev–Trinajstić information content (AvgIpc) is 3.20. The van der Waals surface area contributed by atoms with E-state index in [0.29, 0.717) is 17.9 Å². The number of methoxy groups -OCH3 is 1. The van der Waals surface area contributed by atoms with Crippen LogP contribution in [0.15, 0.2) is 65.8 Å². The first kappa shape index (κ1) is 18.4. The summed E-state index contributed by atoms with van der Waals surface area (Å²) in [7, 11) is 1.62. The Bertz CT molecular complexity index is 1160. The molecule has 6 nitrogen and oxygen atoms in total. The summed E-state index contributed by atoms with van der Waals surface area (Å²) in [6, 6.07) is 18.3. The molecule has 6 heteroatoms. The highest BCUT2D eigenvalue weighted by Crippen LogP contribution is 2.51. The van der Waals surface area contributed by atoms with Crippen molar-refractivity contribution in [3.05, 3.63) is 82.9 Å². The molecule has 0 aromatic heterocycles. The van der Waals surface area contributed by atoms with E-state index in [4.69, 9.17) is 14.6 Å². The Morgan fingerprint density at radius 1 is 1.07 bits per heavy atom. The molecular formula is C24H22N2O4. The Kier molecular flexibility index (Phi) is 4.28. The lowest BCUT2D eigenvalue weighted by molar-refractivity contribution is -0.0210. The Hall–Kier alpha value is -3.67. The van der Waals surface area contributed by atoms with Crippen molar-refractivity contribution in [2.24, 2.45) is 5.10 Å². The fourth-order valence-electron chi connectivity index (χ4n) is 4.19. The topological polar surface area (TPSA) is 74.5 Å². The number of benzene rings is 3. The number of phenolic OH excluding ortho intramolecular Hbond substituents is 2. The molecule has 2 aliphatic heterocycles. The number of phenols is 2. The van der Waals surface area contributed by atoms with E-state index in [1.807, 2.05) is 48.3 Å². The second-order valence-corrected chi connectivity index (χ2v) is 7.61. The van der Waals surface area contributed by atoms with E-state index in [-0.39, 0.29) is 17.5 Å². The first-order chi connectivity index (χ1) is 14.5. The van der Waals surface area contributed by atoms with E-state index in [0.717, 1.165) is 28.0 Å². The number of hydrogen-bond acceptors (Lipinski definition) is 6. The van der Waals surface area contributed by atoms with Crippen LogP contribution in [0.1, 0.15) is 40.9 Å². The quantitative estimate of drug-likeness (QED) is 0.667. The van der Waals surface area contributed by atoms with Crippen LogP contribution in [-0.2, 0) is 0 Å². The van der Waals surface area contributed by atoms with Crippen molar-refractivity contribution in [1.82, 2.24) is 5.01 Å². The highest BCUT2D eigenvalue weighted by molar-refractivity contribution is 6.04. The van der Waals surface area contributed by atoms with Gasteiger partial charge in [-0.3, -0.25) is 0 Å². The van der Waals surface area contributed by atoms with Gasteiger partial charge in [-0.2, -0.15) is 5.10 Å². The first-order valence-electron chi connectivity index (χ1n) is 9.83. The zero-order valence-corrected chi connectivity index (χ0v) is 16.7. The third kappa shape index (κ3) is 2.92. The van der Waals surface area contributed by atoms with Gasteiger partial charge >= 0.3 is 0 Å². The molecular weight excluding hydrogens is 380 g/mol. The maximum absolute atomic E-state index is 10.4. The van der Waals surface area contributed by atoms with Gasteiger partial charge in [0.05, 0.1) is 18.9 Å². The Labute approximate surface area is 174 Å². The monoisotopic (exact) mass is 402 g/mol. The van der Waals surface area contributed by atoms with Gasteiger partial charge in [0.15, 0.2) is 11.5 Å². The van der Waals surface area contributed by atoms with Crippen LogP contribution in [-0.4, -0.2) is 28.0 Å². The van der Waals surface area contributed by atoms with Crippen LogP contribution in [0, 0.1) is 6.92 Å². The summed E-state index contributed by atoms with van der Waals surface area (Å²) in [6.07, 6.45) is 0.0888. The molecule has 0 radical (unpaired) electrons. The molecule has 2 N–H and O–H groups in total. The molecule has 0 fully saturated rings. The number of aryl methyl sites for hydroxylation is 1. The first-order valence-corrected chi connectivity index (χ1v) is 9.83. The fraction of sp³-hybridized carbons (Fsp3) is 0.208. The van der Waals surface area contributed by atoms with Gasteiger partial charge in [-0.05, 0) is 37.3 Å². The van der Waals surface area contributed by atoms with Crippen molar-refractivity contribution in [2.75, 3.05) is 7.11 Å². The van der Waals surface area contributed by atoms with Crippen LogP contribution in [0.2, 0.25) is 0 Å². The van der Waals surface area contributed by atoms with Gasteiger partial charge in [0.2, 0.25) is 6.23 Å². The smallest absolute Gasteiger partial charge is 0.214 e. The van der Waals surface area contributed by atoms with Gasteiger partial charge in [0, 0.05) is 23.1 Å². The number of ether oxygens (including phenoxy) is 2. The van der Waals surface area contributed by atoms with Crippen LogP contribution >= 0.6 is 0 Å². The van der Waals surface area contributed by atoms with Crippen molar-refractivity contribution in [2.45, 2.75) is 25.6 Å². The van der Waals surface area contributed by atoms with Crippen LogP contribution in [0.3, 0.4) is 0 Å². The summed E-state index contributed by atoms with van der Waals surface area (Å²) in [5, 5.41) is 27.2. The second-order valence-electron chi connectivity index (χ2n) is 7.61. The van der Waals surface area contributed by atoms with E-state index in [1.165, 1.54) is 0 Å². The number of para-hydroxylation sites is 1. The summed E-state index contributed by atoms with van der Waals surface area (Å²) in [6.45, 7) is 1.99. The predicted octanol–water partition coefficient (Wildman–Crippen LogP) is 4.66. The summed E-state index contributed by atoms with van der Waals surface area (Å²) < 4.78 is 11.9. The van der Waals surface area contributed by atoms with E-state index in [2.05, 4.69) is 0 Å². The number of nitrogens with zero attached hydrogens (tertiary/aromatic N) is 2. The summed E-state index contributed by atoms with van der Waals surface area (Å²) in [5.74, 6) is 1.71. The maximum Gasteiger partial charge on any atom is 0.214 e. The Balaban J connectivity index is 1.65. The highest BCUT2D eigenvalue weighted by Gasteiger charge is 2.42.